The minimum atomic E-state index is -0.152. The van der Waals surface area contributed by atoms with Crippen LogP contribution in [-0.4, -0.2) is 32.3 Å². The van der Waals surface area contributed by atoms with Crippen molar-refractivity contribution in [3.8, 4) is 0 Å². The van der Waals surface area contributed by atoms with Gasteiger partial charge >= 0.3 is 0 Å². The van der Waals surface area contributed by atoms with E-state index in [1.807, 2.05) is 13.1 Å². The average Bonchev–Trinajstić information content (AvgIpc) is 2.84. The zero-order valence-electron chi connectivity index (χ0n) is 13.5. The molecule has 0 aromatic heterocycles. The molecule has 3 nitrogen and oxygen atoms in total. The first kappa shape index (κ1) is 16.2. The fourth-order valence-corrected chi connectivity index (χ4v) is 2.99. The fourth-order valence-electron chi connectivity index (χ4n) is 2.99. The van der Waals surface area contributed by atoms with E-state index in [-0.39, 0.29) is 18.0 Å². The van der Waals surface area contributed by atoms with E-state index in [1.54, 1.807) is 6.07 Å². The topological polar surface area (TPSA) is 24.5 Å². The lowest BCUT2D eigenvalue weighted by atomic mass is 10.1. The standard InChI is InChI=1S/C17H27FN2O/c1-12(2)10-19-11-14-6-5-7-15(18)17(14)20(4)16-8-9-21-13(16)3/h5-7,12-13,16,19H,8-11H2,1-4H3. The van der Waals surface area contributed by atoms with Crippen LogP contribution in [0.5, 0.6) is 0 Å². The lowest BCUT2D eigenvalue weighted by Crippen LogP contribution is -2.38. The SMILES string of the molecule is CC(C)CNCc1cccc(F)c1N(C)C1CCOC1C. The number of nitrogens with zero attached hydrogens (tertiary/aromatic N) is 1. The van der Waals surface area contributed by atoms with Crippen molar-refractivity contribution < 1.29 is 9.13 Å². The quantitative estimate of drug-likeness (QED) is 0.872. The first-order valence-corrected chi connectivity index (χ1v) is 7.83. The van der Waals surface area contributed by atoms with Crippen LogP contribution in [0.2, 0.25) is 0 Å². The molecule has 118 valence electrons. The Labute approximate surface area is 127 Å². The van der Waals surface area contributed by atoms with E-state index in [0.29, 0.717) is 18.2 Å². The number of likely N-dealkylation sites (N-methyl/N-ethyl adjacent to an activating group) is 1. The van der Waals surface area contributed by atoms with Crippen molar-refractivity contribution in [1.29, 1.82) is 0 Å². The van der Waals surface area contributed by atoms with Crippen LogP contribution in [0.15, 0.2) is 18.2 Å². The van der Waals surface area contributed by atoms with Gasteiger partial charge in [0.05, 0.1) is 17.8 Å². The van der Waals surface area contributed by atoms with Crippen LogP contribution >= 0.6 is 0 Å². The van der Waals surface area contributed by atoms with Crippen molar-refractivity contribution in [2.75, 3.05) is 25.1 Å². The van der Waals surface area contributed by atoms with Crippen molar-refractivity contribution in [2.45, 2.75) is 45.9 Å². The minimum Gasteiger partial charge on any atom is -0.376 e. The largest absolute Gasteiger partial charge is 0.376 e. The summed E-state index contributed by atoms with van der Waals surface area (Å²) in [7, 11) is 1.97. The molecule has 1 aliphatic heterocycles. The van der Waals surface area contributed by atoms with Crippen LogP contribution in [0, 0.1) is 11.7 Å². The highest BCUT2D eigenvalue weighted by Gasteiger charge is 2.30. The Bertz CT molecular complexity index is 464. The van der Waals surface area contributed by atoms with Gasteiger partial charge in [0.1, 0.15) is 5.82 Å². The van der Waals surface area contributed by atoms with Crippen LogP contribution < -0.4 is 10.2 Å². The molecule has 2 atom stereocenters. The highest BCUT2D eigenvalue weighted by molar-refractivity contribution is 5.55. The highest BCUT2D eigenvalue weighted by atomic mass is 19.1. The molecule has 1 fully saturated rings. The predicted octanol–water partition coefficient (Wildman–Crippen LogP) is 3.18. The lowest BCUT2D eigenvalue weighted by molar-refractivity contribution is 0.118. The van der Waals surface area contributed by atoms with E-state index >= 15 is 0 Å². The number of ether oxygens (including phenoxy) is 1. The van der Waals surface area contributed by atoms with Gasteiger partial charge in [-0.25, -0.2) is 4.39 Å². The van der Waals surface area contributed by atoms with E-state index in [4.69, 9.17) is 4.74 Å². The van der Waals surface area contributed by atoms with Crippen LogP contribution in [0.1, 0.15) is 32.8 Å². The fraction of sp³-hybridized carbons (Fsp3) is 0.647. The summed E-state index contributed by atoms with van der Waals surface area (Å²) < 4.78 is 20.0. The summed E-state index contributed by atoms with van der Waals surface area (Å²) in [6.07, 6.45) is 1.09. The van der Waals surface area contributed by atoms with E-state index in [1.165, 1.54) is 6.07 Å². The van der Waals surface area contributed by atoms with Gasteiger partial charge in [-0.2, -0.15) is 0 Å². The molecule has 0 aliphatic carbocycles. The van der Waals surface area contributed by atoms with Gasteiger partial charge < -0.3 is 15.0 Å². The maximum atomic E-state index is 14.4. The molecule has 1 N–H and O–H groups in total. The molecule has 21 heavy (non-hydrogen) atoms. The zero-order chi connectivity index (χ0) is 15.4. The number of anilines is 1. The Morgan fingerprint density at radius 2 is 2.19 bits per heavy atom. The first-order valence-electron chi connectivity index (χ1n) is 7.83. The molecular weight excluding hydrogens is 267 g/mol. The number of para-hydroxylation sites is 1. The van der Waals surface area contributed by atoms with Gasteiger partial charge in [-0.15, -0.1) is 0 Å². The second-order valence-corrected chi connectivity index (χ2v) is 6.32. The second kappa shape index (κ2) is 7.23. The normalized spacial score (nSPS) is 22.0. The van der Waals surface area contributed by atoms with Crippen molar-refractivity contribution in [1.82, 2.24) is 5.32 Å². The zero-order valence-corrected chi connectivity index (χ0v) is 13.5. The minimum absolute atomic E-state index is 0.145. The summed E-state index contributed by atoms with van der Waals surface area (Å²) in [4.78, 5) is 2.05. The molecule has 0 radical (unpaired) electrons. The molecule has 1 aromatic rings. The maximum absolute atomic E-state index is 14.4. The van der Waals surface area contributed by atoms with Crippen LogP contribution in [0.4, 0.5) is 10.1 Å². The second-order valence-electron chi connectivity index (χ2n) is 6.32. The Balaban J connectivity index is 2.16. The number of rotatable bonds is 6. The molecule has 0 saturated carbocycles. The highest BCUT2D eigenvalue weighted by Crippen LogP contribution is 2.29. The third-order valence-electron chi connectivity index (χ3n) is 4.12. The smallest absolute Gasteiger partial charge is 0.146 e. The van der Waals surface area contributed by atoms with Crippen LogP contribution in [0.3, 0.4) is 0 Å². The molecule has 1 heterocycles. The third kappa shape index (κ3) is 3.95. The number of hydrogen-bond donors (Lipinski definition) is 1. The Hall–Kier alpha value is -1.13. The molecule has 0 spiro atoms. The average molecular weight is 294 g/mol. The molecular formula is C17H27FN2O. The van der Waals surface area contributed by atoms with Crippen LogP contribution in [0.25, 0.3) is 0 Å². The van der Waals surface area contributed by atoms with E-state index < -0.39 is 0 Å². The summed E-state index contributed by atoms with van der Waals surface area (Å²) in [5.41, 5.74) is 1.72. The van der Waals surface area contributed by atoms with Crippen molar-refractivity contribution in [2.24, 2.45) is 5.92 Å². The Morgan fingerprint density at radius 1 is 1.43 bits per heavy atom. The van der Waals surface area contributed by atoms with Crippen LogP contribution in [-0.2, 0) is 11.3 Å². The molecule has 4 heteroatoms. The summed E-state index contributed by atoms with van der Waals surface area (Å²) in [5.74, 6) is 0.434. The lowest BCUT2D eigenvalue weighted by Gasteiger charge is -2.31. The van der Waals surface area contributed by atoms with Crippen molar-refractivity contribution in [3.63, 3.8) is 0 Å². The first-order chi connectivity index (χ1) is 10.0. The van der Waals surface area contributed by atoms with Gasteiger partial charge in [0.25, 0.3) is 0 Å². The maximum Gasteiger partial charge on any atom is 0.146 e. The van der Waals surface area contributed by atoms with Gasteiger partial charge in [-0.05, 0) is 37.4 Å². The number of benzene rings is 1. The third-order valence-corrected chi connectivity index (χ3v) is 4.12. The van der Waals surface area contributed by atoms with Gasteiger partial charge in [-0.3, -0.25) is 0 Å². The Kier molecular flexibility index (Phi) is 5.59. The molecule has 1 saturated heterocycles. The van der Waals surface area contributed by atoms with Gasteiger partial charge in [0, 0.05) is 20.2 Å². The van der Waals surface area contributed by atoms with E-state index in [0.717, 1.165) is 25.1 Å². The summed E-state index contributed by atoms with van der Waals surface area (Å²) in [5, 5.41) is 3.40. The van der Waals surface area contributed by atoms with Crippen molar-refractivity contribution in [3.05, 3.63) is 29.6 Å². The summed E-state index contributed by atoms with van der Waals surface area (Å²) >= 11 is 0. The number of nitrogens with one attached hydrogen (secondary N) is 1. The number of halogens is 1. The van der Waals surface area contributed by atoms with Crippen molar-refractivity contribution >= 4 is 5.69 Å². The van der Waals surface area contributed by atoms with Gasteiger partial charge in [-0.1, -0.05) is 26.0 Å². The van der Waals surface area contributed by atoms with Gasteiger partial charge in [0.2, 0.25) is 0 Å². The summed E-state index contributed by atoms with van der Waals surface area (Å²) in [6, 6.07) is 5.57. The monoisotopic (exact) mass is 294 g/mol. The molecule has 1 aromatic carbocycles. The Morgan fingerprint density at radius 3 is 2.81 bits per heavy atom. The molecule has 0 amide bonds. The van der Waals surface area contributed by atoms with Gasteiger partial charge in [0.15, 0.2) is 0 Å². The molecule has 2 rings (SSSR count). The number of hydrogen-bond acceptors (Lipinski definition) is 3. The van der Waals surface area contributed by atoms with E-state index in [9.17, 15) is 4.39 Å². The molecule has 1 aliphatic rings. The van der Waals surface area contributed by atoms with E-state index in [2.05, 4.69) is 31.0 Å². The predicted molar refractivity (Wildman–Crippen MR) is 85.2 cm³/mol. The molecule has 0 bridgehead atoms. The summed E-state index contributed by atoms with van der Waals surface area (Å²) in [6.45, 7) is 8.78. The molecule has 2 unspecified atom stereocenters.